The monoisotopic (exact) mass is 268 g/mol. The molecule has 1 rings (SSSR count). The van der Waals surface area contributed by atoms with E-state index in [1.165, 1.54) is 0 Å². The zero-order valence-electron chi connectivity index (χ0n) is 6.29. The van der Waals surface area contributed by atoms with Gasteiger partial charge >= 0.3 is 0 Å². The zero-order chi connectivity index (χ0) is 10.2. The minimum absolute atomic E-state index is 0.0936. The maximum atomic E-state index is 12.7. The van der Waals surface area contributed by atoms with Gasteiger partial charge in [0.15, 0.2) is 0 Å². The van der Waals surface area contributed by atoms with E-state index >= 15 is 0 Å². The lowest BCUT2D eigenvalue weighted by Crippen LogP contribution is -2.14. The highest BCUT2D eigenvalue weighted by molar-refractivity contribution is 9.10. The summed E-state index contributed by atoms with van der Waals surface area (Å²) >= 11 is 2.90. The molecule has 0 heterocycles. The number of halogens is 2. The molecule has 0 atom stereocenters. The first-order valence-electron chi connectivity index (χ1n) is 3.09. The van der Waals surface area contributed by atoms with Gasteiger partial charge in [0.05, 0.1) is 5.69 Å². The quantitative estimate of drug-likeness (QED) is 0.740. The van der Waals surface area contributed by atoms with Crippen LogP contribution in [0.5, 0.6) is 0 Å². The summed E-state index contributed by atoms with van der Waals surface area (Å²) in [6, 6.07) is 1.83. The van der Waals surface area contributed by atoms with E-state index in [0.29, 0.717) is 0 Å². The number of hydrogen-bond donors (Lipinski definition) is 2. The van der Waals surface area contributed by atoms with Gasteiger partial charge in [-0.2, -0.15) is 0 Å². The Bertz CT molecular complexity index is 446. The summed E-state index contributed by atoms with van der Waals surface area (Å²) in [6.45, 7) is 0. The molecule has 4 N–H and O–H groups in total. The van der Waals surface area contributed by atoms with Crippen LogP contribution in [0.15, 0.2) is 21.5 Å². The molecule has 1 aromatic carbocycles. The van der Waals surface area contributed by atoms with Gasteiger partial charge in [-0.25, -0.2) is 17.9 Å². The Morgan fingerprint density at radius 3 is 2.38 bits per heavy atom. The summed E-state index contributed by atoms with van der Waals surface area (Å²) in [5, 5.41) is 4.80. The van der Waals surface area contributed by atoms with E-state index in [4.69, 9.17) is 10.9 Å². The molecule has 0 unspecified atom stereocenters. The van der Waals surface area contributed by atoms with E-state index in [-0.39, 0.29) is 10.2 Å². The number of sulfonamides is 1. The molecule has 0 saturated heterocycles. The van der Waals surface area contributed by atoms with Crippen molar-refractivity contribution in [3.63, 3.8) is 0 Å². The van der Waals surface area contributed by atoms with Crippen LogP contribution >= 0.6 is 15.9 Å². The lowest BCUT2D eigenvalue weighted by molar-refractivity contribution is 0.592. The summed E-state index contributed by atoms with van der Waals surface area (Å²) in [7, 11) is -3.97. The van der Waals surface area contributed by atoms with Crippen molar-refractivity contribution in [2.75, 3.05) is 5.73 Å². The zero-order valence-corrected chi connectivity index (χ0v) is 8.69. The van der Waals surface area contributed by atoms with Gasteiger partial charge in [-0.05, 0) is 28.1 Å². The van der Waals surface area contributed by atoms with Crippen LogP contribution < -0.4 is 10.9 Å². The van der Waals surface area contributed by atoms with Crippen molar-refractivity contribution in [3.8, 4) is 0 Å². The van der Waals surface area contributed by atoms with Gasteiger partial charge < -0.3 is 5.73 Å². The number of nitrogens with two attached hydrogens (primary N) is 2. The van der Waals surface area contributed by atoms with Gasteiger partial charge in [-0.15, -0.1) is 0 Å². The molecular weight excluding hydrogens is 263 g/mol. The summed E-state index contributed by atoms with van der Waals surface area (Å²) in [5.74, 6) is -0.717. The van der Waals surface area contributed by atoms with E-state index < -0.39 is 20.7 Å². The number of nitrogen functional groups attached to an aromatic ring is 1. The van der Waals surface area contributed by atoms with Crippen molar-refractivity contribution in [1.29, 1.82) is 0 Å². The predicted octanol–water partition coefficient (Wildman–Crippen LogP) is 0.818. The van der Waals surface area contributed by atoms with Crippen LogP contribution in [0.4, 0.5) is 10.1 Å². The normalized spacial score (nSPS) is 11.6. The highest BCUT2D eigenvalue weighted by Crippen LogP contribution is 2.27. The average Bonchev–Trinajstić information content (AvgIpc) is 1.94. The van der Waals surface area contributed by atoms with E-state index in [1.807, 2.05) is 0 Å². The second kappa shape index (κ2) is 3.24. The first kappa shape index (κ1) is 10.4. The molecule has 0 saturated carbocycles. The molecule has 0 bridgehead atoms. The number of benzene rings is 1. The Morgan fingerprint density at radius 2 is 1.92 bits per heavy atom. The van der Waals surface area contributed by atoms with Crippen LogP contribution in [0, 0.1) is 5.82 Å². The molecule has 0 amide bonds. The standard InChI is InChI=1S/C6H6BrFN2O2S/c7-4-1-3(8)2-5(6(4)9)13(10,11)12/h1-2H,9H2,(H2,10,11,12). The van der Waals surface area contributed by atoms with Crippen LogP contribution in [-0.2, 0) is 10.0 Å². The van der Waals surface area contributed by atoms with Crippen molar-refractivity contribution in [2.24, 2.45) is 5.14 Å². The lowest BCUT2D eigenvalue weighted by atomic mass is 10.3. The van der Waals surface area contributed by atoms with Crippen molar-refractivity contribution >= 4 is 31.6 Å². The number of anilines is 1. The maximum absolute atomic E-state index is 12.7. The van der Waals surface area contributed by atoms with Crippen LogP contribution in [0.25, 0.3) is 0 Å². The summed E-state index contributed by atoms with van der Waals surface area (Å²) in [6.07, 6.45) is 0. The van der Waals surface area contributed by atoms with Crippen molar-refractivity contribution in [2.45, 2.75) is 4.90 Å². The van der Waals surface area contributed by atoms with Crippen molar-refractivity contribution < 1.29 is 12.8 Å². The minimum Gasteiger partial charge on any atom is -0.397 e. The molecule has 0 aliphatic carbocycles. The van der Waals surface area contributed by atoms with Crippen LogP contribution in [0.1, 0.15) is 0 Å². The molecular formula is C6H6BrFN2O2S. The Morgan fingerprint density at radius 1 is 1.38 bits per heavy atom. The number of rotatable bonds is 1. The van der Waals surface area contributed by atoms with Crippen molar-refractivity contribution in [1.82, 2.24) is 0 Å². The molecule has 4 nitrogen and oxygen atoms in total. The van der Waals surface area contributed by atoms with E-state index in [0.717, 1.165) is 12.1 Å². The van der Waals surface area contributed by atoms with Crippen molar-refractivity contribution in [3.05, 3.63) is 22.4 Å². The fourth-order valence-corrected chi connectivity index (χ4v) is 2.05. The molecule has 0 fully saturated rings. The Hall–Kier alpha value is -0.660. The predicted molar refractivity (Wildman–Crippen MR) is 49.9 cm³/mol. The molecule has 0 aliphatic heterocycles. The van der Waals surface area contributed by atoms with Crippen LogP contribution in [0.3, 0.4) is 0 Å². The van der Waals surface area contributed by atoms with Crippen LogP contribution in [0.2, 0.25) is 0 Å². The lowest BCUT2D eigenvalue weighted by Gasteiger charge is -2.04. The third-order valence-corrected chi connectivity index (χ3v) is 2.97. The third-order valence-electron chi connectivity index (χ3n) is 1.36. The Kier molecular flexibility index (Phi) is 2.60. The molecule has 0 spiro atoms. The second-order valence-corrected chi connectivity index (χ2v) is 4.73. The summed E-state index contributed by atoms with van der Waals surface area (Å²) in [4.78, 5) is -0.417. The third kappa shape index (κ3) is 2.17. The fraction of sp³-hybridized carbons (Fsp3) is 0. The highest BCUT2D eigenvalue weighted by Gasteiger charge is 2.15. The minimum atomic E-state index is -3.97. The Balaban J connectivity index is 3.56. The Labute approximate surface area is 82.9 Å². The molecule has 7 heteroatoms. The molecule has 0 aliphatic rings. The van der Waals surface area contributed by atoms with E-state index in [9.17, 15) is 12.8 Å². The van der Waals surface area contributed by atoms with Gasteiger partial charge in [0.1, 0.15) is 10.7 Å². The smallest absolute Gasteiger partial charge is 0.240 e. The molecule has 0 radical (unpaired) electrons. The average molecular weight is 269 g/mol. The molecule has 13 heavy (non-hydrogen) atoms. The topological polar surface area (TPSA) is 86.2 Å². The van der Waals surface area contributed by atoms with Gasteiger partial charge in [0.2, 0.25) is 10.0 Å². The largest absolute Gasteiger partial charge is 0.397 e. The first-order chi connectivity index (χ1) is 5.82. The molecule has 1 aromatic rings. The SMILES string of the molecule is Nc1c(Br)cc(F)cc1S(N)(=O)=O. The van der Waals surface area contributed by atoms with Gasteiger partial charge in [-0.3, -0.25) is 0 Å². The van der Waals surface area contributed by atoms with E-state index in [1.54, 1.807) is 0 Å². The summed E-state index contributed by atoms with van der Waals surface area (Å²) in [5.41, 5.74) is 5.27. The highest BCUT2D eigenvalue weighted by atomic mass is 79.9. The fourth-order valence-electron chi connectivity index (χ4n) is 0.797. The number of hydrogen-bond acceptors (Lipinski definition) is 3. The second-order valence-electron chi connectivity index (χ2n) is 2.34. The van der Waals surface area contributed by atoms with E-state index in [2.05, 4.69) is 15.9 Å². The molecule has 0 aromatic heterocycles. The van der Waals surface area contributed by atoms with Gasteiger partial charge in [0, 0.05) is 4.47 Å². The summed E-state index contributed by atoms with van der Waals surface area (Å²) < 4.78 is 34.6. The maximum Gasteiger partial charge on any atom is 0.240 e. The van der Waals surface area contributed by atoms with Gasteiger partial charge in [-0.1, -0.05) is 0 Å². The first-order valence-corrected chi connectivity index (χ1v) is 5.43. The number of primary sulfonamides is 1. The van der Waals surface area contributed by atoms with Crippen LogP contribution in [-0.4, -0.2) is 8.42 Å². The molecule has 72 valence electrons. The van der Waals surface area contributed by atoms with Gasteiger partial charge in [0.25, 0.3) is 0 Å².